The molecule has 0 unspecified atom stereocenters. The van der Waals surface area contributed by atoms with Gasteiger partial charge in [-0.15, -0.1) is 0 Å². The number of rotatable bonds is 9. The zero-order valence-electron chi connectivity index (χ0n) is 9.36. The van der Waals surface area contributed by atoms with Crippen molar-refractivity contribution < 1.29 is 0 Å². The fourth-order valence-corrected chi connectivity index (χ4v) is 1.48. The molecule has 0 aliphatic carbocycles. The van der Waals surface area contributed by atoms with Gasteiger partial charge in [0.25, 0.3) is 0 Å². The van der Waals surface area contributed by atoms with Crippen molar-refractivity contribution >= 4 is 5.71 Å². The highest BCUT2D eigenvalue weighted by Gasteiger charge is 1.96. The molecule has 0 amide bonds. The lowest BCUT2D eigenvalue weighted by Gasteiger charge is -2.02. The summed E-state index contributed by atoms with van der Waals surface area (Å²) in [4.78, 5) is 0. The molecule has 0 aromatic heterocycles. The van der Waals surface area contributed by atoms with Crippen LogP contribution >= 0.6 is 0 Å². The summed E-state index contributed by atoms with van der Waals surface area (Å²) < 4.78 is 0. The minimum absolute atomic E-state index is 0.976. The molecule has 78 valence electrons. The van der Waals surface area contributed by atoms with E-state index >= 15 is 0 Å². The second-order valence-corrected chi connectivity index (χ2v) is 3.87. The van der Waals surface area contributed by atoms with Crippen LogP contribution in [0.4, 0.5) is 0 Å². The minimum atomic E-state index is 0.976. The second-order valence-electron chi connectivity index (χ2n) is 3.87. The lowest BCUT2D eigenvalue weighted by atomic mass is 10.0. The van der Waals surface area contributed by atoms with Crippen molar-refractivity contribution in [3.63, 3.8) is 0 Å². The highest BCUT2D eigenvalue weighted by molar-refractivity contribution is 5.81. The number of nitrogens with one attached hydrogen (secondary N) is 1. The van der Waals surface area contributed by atoms with Gasteiger partial charge in [-0.3, -0.25) is 0 Å². The summed E-state index contributed by atoms with van der Waals surface area (Å²) in [6.07, 6.45) is 11.0. The average Bonchev–Trinajstić information content (AvgIpc) is 2.13. The summed E-state index contributed by atoms with van der Waals surface area (Å²) in [7, 11) is 0. The van der Waals surface area contributed by atoms with Crippen LogP contribution in [0.1, 0.15) is 71.6 Å². The Morgan fingerprint density at radius 3 is 1.77 bits per heavy atom. The molecule has 0 aliphatic rings. The smallest absolute Gasteiger partial charge is 0.00891 e. The first-order chi connectivity index (χ1) is 6.31. The average molecular weight is 183 g/mol. The van der Waals surface area contributed by atoms with Crippen LogP contribution in [0.25, 0.3) is 0 Å². The first-order valence-corrected chi connectivity index (χ1v) is 5.87. The van der Waals surface area contributed by atoms with E-state index in [9.17, 15) is 0 Å². The molecule has 0 aromatic carbocycles. The number of unbranched alkanes of at least 4 members (excludes halogenated alkanes) is 5. The standard InChI is InChI=1S/C12H25N/c1-3-5-7-9-11-12(13)10-8-6-4-2/h13H,3-11H2,1-2H3. The quantitative estimate of drug-likeness (QED) is 0.400. The van der Waals surface area contributed by atoms with Crippen LogP contribution in [0.2, 0.25) is 0 Å². The summed E-state index contributed by atoms with van der Waals surface area (Å²) in [5.41, 5.74) is 0.976. The molecule has 1 heteroatoms. The van der Waals surface area contributed by atoms with Crippen molar-refractivity contribution in [3.05, 3.63) is 0 Å². The number of hydrogen-bond donors (Lipinski definition) is 1. The molecular formula is C12H25N. The van der Waals surface area contributed by atoms with Crippen LogP contribution in [-0.4, -0.2) is 5.71 Å². The monoisotopic (exact) mass is 183 g/mol. The van der Waals surface area contributed by atoms with Crippen LogP contribution in [0.3, 0.4) is 0 Å². The maximum Gasteiger partial charge on any atom is 0.00891 e. The van der Waals surface area contributed by atoms with Crippen molar-refractivity contribution in [3.8, 4) is 0 Å². The zero-order valence-corrected chi connectivity index (χ0v) is 9.36. The van der Waals surface area contributed by atoms with Gasteiger partial charge in [0.05, 0.1) is 0 Å². The lowest BCUT2D eigenvalue weighted by Crippen LogP contribution is -1.96. The Morgan fingerprint density at radius 1 is 0.769 bits per heavy atom. The van der Waals surface area contributed by atoms with Gasteiger partial charge in [-0.2, -0.15) is 0 Å². The first kappa shape index (κ1) is 12.7. The molecule has 0 saturated carbocycles. The normalized spacial score (nSPS) is 10.3. The van der Waals surface area contributed by atoms with E-state index in [0.29, 0.717) is 0 Å². The molecule has 0 bridgehead atoms. The van der Waals surface area contributed by atoms with E-state index in [-0.39, 0.29) is 0 Å². The Bertz CT molecular complexity index is 118. The SMILES string of the molecule is CCCCCCC(=N)CCCCC. The van der Waals surface area contributed by atoms with Crippen molar-refractivity contribution in [2.24, 2.45) is 0 Å². The van der Waals surface area contributed by atoms with Crippen LogP contribution in [-0.2, 0) is 0 Å². The Kier molecular flexibility index (Phi) is 9.51. The summed E-state index contributed by atoms with van der Waals surface area (Å²) in [5, 5.41) is 7.70. The minimum Gasteiger partial charge on any atom is -0.310 e. The van der Waals surface area contributed by atoms with Gasteiger partial charge in [-0.25, -0.2) is 0 Å². The van der Waals surface area contributed by atoms with Crippen LogP contribution < -0.4 is 0 Å². The molecule has 0 spiro atoms. The molecule has 0 heterocycles. The highest BCUT2D eigenvalue weighted by Crippen LogP contribution is 2.07. The number of hydrogen-bond acceptors (Lipinski definition) is 1. The topological polar surface area (TPSA) is 23.9 Å². The molecule has 0 fully saturated rings. The predicted molar refractivity (Wildman–Crippen MR) is 60.6 cm³/mol. The fraction of sp³-hybridized carbons (Fsp3) is 0.917. The van der Waals surface area contributed by atoms with Crippen molar-refractivity contribution in [2.45, 2.75) is 71.6 Å². The molecule has 13 heavy (non-hydrogen) atoms. The maximum atomic E-state index is 7.70. The van der Waals surface area contributed by atoms with Gasteiger partial charge in [0.2, 0.25) is 0 Å². The summed E-state index contributed by atoms with van der Waals surface area (Å²) in [5.74, 6) is 0. The van der Waals surface area contributed by atoms with Crippen LogP contribution in [0.5, 0.6) is 0 Å². The molecule has 0 rings (SSSR count). The second kappa shape index (κ2) is 9.76. The molecule has 0 aromatic rings. The van der Waals surface area contributed by atoms with Crippen molar-refractivity contribution in [2.75, 3.05) is 0 Å². The Morgan fingerprint density at radius 2 is 1.23 bits per heavy atom. The third-order valence-corrected chi connectivity index (χ3v) is 2.41. The van der Waals surface area contributed by atoms with Crippen LogP contribution in [0.15, 0.2) is 0 Å². The van der Waals surface area contributed by atoms with E-state index in [1.54, 1.807) is 0 Å². The molecule has 1 nitrogen and oxygen atoms in total. The highest BCUT2D eigenvalue weighted by atomic mass is 14.4. The van der Waals surface area contributed by atoms with E-state index in [1.165, 1.54) is 44.9 Å². The summed E-state index contributed by atoms with van der Waals surface area (Å²) >= 11 is 0. The van der Waals surface area contributed by atoms with Crippen LogP contribution in [0, 0.1) is 5.41 Å². The van der Waals surface area contributed by atoms with Gasteiger partial charge >= 0.3 is 0 Å². The zero-order chi connectivity index (χ0) is 9.94. The Hall–Kier alpha value is -0.330. The van der Waals surface area contributed by atoms with Gasteiger partial charge in [0.1, 0.15) is 0 Å². The van der Waals surface area contributed by atoms with E-state index in [0.717, 1.165) is 18.6 Å². The Labute approximate surface area is 83.4 Å². The van der Waals surface area contributed by atoms with Gasteiger partial charge in [0, 0.05) is 5.71 Å². The lowest BCUT2D eigenvalue weighted by molar-refractivity contribution is 0.672. The molecule has 0 aliphatic heterocycles. The third kappa shape index (κ3) is 9.59. The molecular weight excluding hydrogens is 158 g/mol. The largest absolute Gasteiger partial charge is 0.310 e. The third-order valence-electron chi connectivity index (χ3n) is 2.41. The molecule has 1 N–H and O–H groups in total. The summed E-state index contributed by atoms with van der Waals surface area (Å²) in [6, 6.07) is 0. The van der Waals surface area contributed by atoms with Gasteiger partial charge in [0.15, 0.2) is 0 Å². The maximum absolute atomic E-state index is 7.70. The van der Waals surface area contributed by atoms with E-state index in [1.807, 2.05) is 0 Å². The molecule has 0 atom stereocenters. The van der Waals surface area contributed by atoms with Gasteiger partial charge in [-0.05, 0) is 25.7 Å². The van der Waals surface area contributed by atoms with Gasteiger partial charge < -0.3 is 5.41 Å². The van der Waals surface area contributed by atoms with E-state index < -0.39 is 0 Å². The van der Waals surface area contributed by atoms with E-state index in [2.05, 4.69) is 13.8 Å². The van der Waals surface area contributed by atoms with E-state index in [4.69, 9.17) is 5.41 Å². The van der Waals surface area contributed by atoms with Crippen molar-refractivity contribution in [1.82, 2.24) is 0 Å². The fourth-order valence-electron chi connectivity index (χ4n) is 1.48. The van der Waals surface area contributed by atoms with Crippen molar-refractivity contribution in [1.29, 1.82) is 5.41 Å². The molecule has 0 saturated heterocycles. The van der Waals surface area contributed by atoms with Gasteiger partial charge in [-0.1, -0.05) is 46.0 Å². The predicted octanol–water partition coefficient (Wildman–Crippen LogP) is 4.56. The first-order valence-electron chi connectivity index (χ1n) is 5.87. The Balaban J connectivity index is 3.11. The summed E-state index contributed by atoms with van der Waals surface area (Å²) in [6.45, 7) is 4.44. The molecule has 0 radical (unpaired) electrons.